The SMILES string of the molecule is O=C(CC1(Cn2cnnn2)CCCCC1)N1CCN(C(=O)[C@@H]2COc3ccccc3O2)CC1. The summed E-state index contributed by atoms with van der Waals surface area (Å²) >= 11 is 0. The van der Waals surface area contributed by atoms with Crippen LogP contribution in [0.4, 0.5) is 0 Å². The second-order valence-corrected chi connectivity index (χ2v) is 9.32. The fourth-order valence-electron chi connectivity index (χ4n) is 5.24. The molecule has 2 aromatic rings. The third-order valence-electron chi connectivity index (χ3n) is 7.06. The van der Waals surface area contributed by atoms with Gasteiger partial charge in [-0.3, -0.25) is 9.59 Å². The summed E-state index contributed by atoms with van der Waals surface area (Å²) in [6.45, 7) is 2.96. The molecule has 2 aliphatic heterocycles. The number of fused-ring (bicyclic) bond motifs is 1. The molecule has 0 N–H and O–H groups in total. The van der Waals surface area contributed by atoms with E-state index < -0.39 is 6.10 Å². The molecule has 0 bridgehead atoms. The van der Waals surface area contributed by atoms with Crippen LogP contribution in [0.25, 0.3) is 0 Å². The van der Waals surface area contributed by atoms with Crippen molar-refractivity contribution in [3.8, 4) is 11.5 Å². The van der Waals surface area contributed by atoms with Crippen LogP contribution in [0.1, 0.15) is 38.5 Å². The molecule has 2 amide bonds. The minimum atomic E-state index is -0.649. The Bertz CT molecular complexity index is 967. The first kappa shape index (κ1) is 21.7. The van der Waals surface area contributed by atoms with Crippen LogP contribution in [0.15, 0.2) is 30.6 Å². The van der Waals surface area contributed by atoms with Gasteiger partial charge in [0.15, 0.2) is 11.5 Å². The van der Waals surface area contributed by atoms with Gasteiger partial charge in [-0.1, -0.05) is 31.4 Å². The van der Waals surface area contributed by atoms with Crippen molar-refractivity contribution in [2.75, 3.05) is 32.8 Å². The number of tetrazole rings is 1. The Morgan fingerprint density at radius 2 is 1.73 bits per heavy atom. The van der Waals surface area contributed by atoms with Gasteiger partial charge in [0, 0.05) is 32.6 Å². The first-order valence-electron chi connectivity index (χ1n) is 11.8. The van der Waals surface area contributed by atoms with E-state index in [9.17, 15) is 9.59 Å². The number of ether oxygens (including phenoxy) is 2. The van der Waals surface area contributed by atoms with Gasteiger partial charge in [0.05, 0.1) is 6.54 Å². The van der Waals surface area contributed by atoms with E-state index in [0.29, 0.717) is 50.6 Å². The van der Waals surface area contributed by atoms with Gasteiger partial charge in [-0.05, 0) is 40.8 Å². The summed E-state index contributed by atoms with van der Waals surface area (Å²) in [7, 11) is 0. The third-order valence-corrected chi connectivity index (χ3v) is 7.06. The van der Waals surface area contributed by atoms with Crippen LogP contribution in [0.3, 0.4) is 0 Å². The second kappa shape index (κ2) is 9.36. The van der Waals surface area contributed by atoms with E-state index in [2.05, 4.69) is 15.5 Å². The molecule has 0 spiro atoms. The molecule has 2 fully saturated rings. The molecule has 5 rings (SSSR count). The van der Waals surface area contributed by atoms with E-state index >= 15 is 0 Å². The lowest BCUT2D eigenvalue weighted by atomic mass is 9.71. The zero-order chi connectivity index (χ0) is 22.7. The average Bonchev–Trinajstić information content (AvgIpc) is 3.36. The Balaban J connectivity index is 1.16. The van der Waals surface area contributed by atoms with Crippen LogP contribution >= 0.6 is 0 Å². The highest BCUT2D eigenvalue weighted by Gasteiger charge is 2.38. The molecule has 0 radical (unpaired) electrons. The normalized spacial score (nSPS) is 22.1. The van der Waals surface area contributed by atoms with Gasteiger partial charge in [-0.25, -0.2) is 4.68 Å². The topological polar surface area (TPSA) is 103 Å². The van der Waals surface area contributed by atoms with Crippen LogP contribution in [0, 0.1) is 5.41 Å². The van der Waals surface area contributed by atoms with E-state index in [-0.39, 0.29) is 23.8 Å². The monoisotopic (exact) mass is 454 g/mol. The van der Waals surface area contributed by atoms with Gasteiger partial charge in [0.2, 0.25) is 12.0 Å². The largest absolute Gasteiger partial charge is 0.485 e. The maximum absolute atomic E-state index is 13.2. The molecule has 0 unspecified atom stereocenters. The van der Waals surface area contributed by atoms with Gasteiger partial charge in [0.1, 0.15) is 12.9 Å². The summed E-state index contributed by atoms with van der Waals surface area (Å²) in [6.07, 6.45) is 6.97. The first-order valence-corrected chi connectivity index (χ1v) is 11.8. The first-order chi connectivity index (χ1) is 16.1. The molecule has 3 heterocycles. The molecular weight excluding hydrogens is 424 g/mol. The third kappa shape index (κ3) is 4.79. The molecule has 1 atom stereocenters. The zero-order valence-corrected chi connectivity index (χ0v) is 18.8. The Morgan fingerprint density at radius 3 is 2.45 bits per heavy atom. The quantitative estimate of drug-likeness (QED) is 0.675. The van der Waals surface area contributed by atoms with Crippen LogP contribution < -0.4 is 9.47 Å². The summed E-state index contributed by atoms with van der Waals surface area (Å²) in [5, 5.41) is 11.5. The molecule has 33 heavy (non-hydrogen) atoms. The van der Waals surface area contributed by atoms with Crippen molar-refractivity contribution in [1.29, 1.82) is 0 Å². The molecular formula is C23H30N6O4. The summed E-state index contributed by atoms with van der Waals surface area (Å²) in [4.78, 5) is 29.9. The van der Waals surface area contributed by atoms with Crippen molar-refractivity contribution >= 4 is 11.8 Å². The fourth-order valence-corrected chi connectivity index (χ4v) is 5.24. The fraction of sp³-hybridized carbons (Fsp3) is 0.609. The van der Waals surface area contributed by atoms with E-state index in [1.807, 2.05) is 29.2 Å². The lowest BCUT2D eigenvalue weighted by molar-refractivity contribution is -0.147. The highest BCUT2D eigenvalue weighted by Crippen LogP contribution is 2.41. The molecule has 176 valence electrons. The molecule has 1 aromatic carbocycles. The standard InChI is InChI=1S/C23H30N6O4/c30-21(14-23(8-4-1-5-9-23)16-29-17-24-25-26-29)27-10-12-28(13-11-27)22(31)20-15-32-18-6-2-3-7-19(18)33-20/h2-3,6-7,17,20H,1,4-5,8-16H2/t20-/m0/s1. The van der Waals surface area contributed by atoms with Gasteiger partial charge >= 0.3 is 0 Å². The number of rotatable bonds is 5. The van der Waals surface area contributed by atoms with Crippen LogP contribution in [0.5, 0.6) is 11.5 Å². The summed E-state index contributed by atoms with van der Waals surface area (Å²) in [6, 6.07) is 7.37. The Labute approximate surface area is 192 Å². The lowest BCUT2D eigenvalue weighted by Gasteiger charge is -2.40. The second-order valence-electron chi connectivity index (χ2n) is 9.32. The van der Waals surface area contributed by atoms with E-state index in [1.165, 1.54) is 6.42 Å². The van der Waals surface area contributed by atoms with E-state index in [1.54, 1.807) is 15.9 Å². The summed E-state index contributed by atoms with van der Waals surface area (Å²) in [5.74, 6) is 1.33. The van der Waals surface area contributed by atoms with Gasteiger partial charge in [-0.15, -0.1) is 5.10 Å². The number of aromatic nitrogens is 4. The maximum Gasteiger partial charge on any atom is 0.267 e. The number of piperazine rings is 1. The minimum Gasteiger partial charge on any atom is -0.485 e. The van der Waals surface area contributed by atoms with Crippen LogP contribution in [-0.2, 0) is 16.1 Å². The zero-order valence-electron chi connectivity index (χ0n) is 18.8. The Morgan fingerprint density at radius 1 is 1.00 bits per heavy atom. The summed E-state index contributed by atoms with van der Waals surface area (Å²) in [5.41, 5.74) is -0.0989. The van der Waals surface area contributed by atoms with Crippen molar-refractivity contribution in [2.24, 2.45) is 5.41 Å². The predicted molar refractivity (Wildman–Crippen MR) is 117 cm³/mol. The lowest BCUT2D eigenvalue weighted by Crippen LogP contribution is -2.55. The van der Waals surface area contributed by atoms with Crippen molar-refractivity contribution < 1.29 is 19.1 Å². The Hall–Kier alpha value is -3.17. The van der Waals surface area contributed by atoms with Crippen LogP contribution in [-0.4, -0.2) is 80.7 Å². The molecule has 1 saturated heterocycles. The van der Waals surface area contributed by atoms with Gasteiger partial charge in [0.25, 0.3) is 5.91 Å². The van der Waals surface area contributed by atoms with Gasteiger partial charge < -0.3 is 19.3 Å². The van der Waals surface area contributed by atoms with Crippen molar-refractivity contribution in [2.45, 2.75) is 51.2 Å². The maximum atomic E-state index is 13.2. The number of hydrogen-bond donors (Lipinski definition) is 0. The number of para-hydroxylation sites is 2. The van der Waals surface area contributed by atoms with Crippen molar-refractivity contribution in [1.82, 2.24) is 30.0 Å². The smallest absolute Gasteiger partial charge is 0.267 e. The molecule has 10 nitrogen and oxygen atoms in total. The number of nitrogens with zero attached hydrogens (tertiary/aromatic N) is 6. The molecule has 1 saturated carbocycles. The molecule has 1 aliphatic carbocycles. The number of carbonyl (C=O) groups excluding carboxylic acids is 2. The molecule has 10 heteroatoms. The van der Waals surface area contributed by atoms with E-state index in [0.717, 1.165) is 25.7 Å². The Kier molecular flexibility index (Phi) is 6.15. The molecule has 1 aromatic heterocycles. The van der Waals surface area contributed by atoms with E-state index in [4.69, 9.17) is 9.47 Å². The minimum absolute atomic E-state index is 0.0842. The summed E-state index contributed by atoms with van der Waals surface area (Å²) < 4.78 is 13.3. The van der Waals surface area contributed by atoms with Gasteiger partial charge in [-0.2, -0.15) is 0 Å². The number of hydrogen-bond acceptors (Lipinski definition) is 7. The molecule has 3 aliphatic rings. The highest BCUT2D eigenvalue weighted by molar-refractivity contribution is 5.82. The highest BCUT2D eigenvalue weighted by atomic mass is 16.6. The number of carbonyl (C=O) groups is 2. The van der Waals surface area contributed by atoms with Crippen molar-refractivity contribution in [3.05, 3.63) is 30.6 Å². The average molecular weight is 455 g/mol. The van der Waals surface area contributed by atoms with Crippen molar-refractivity contribution in [3.63, 3.8) is 0 Å². The number of benzene rings is 1. The number of amides is 2. The van der Waals surface area contributed by atoms with Crippen LogP contribution in [0.2, 0.25) is 0 Å². The predicted octanol–water partition coefficient (Wildman–Crippen LogP) is 1.52.